The van der Waals surface area contributed by atoms with Crippen molar-refractivity contribution in [2.75, 3.05) is 24.5 Å². The second-order valence-electron chi connectivity index (χ2n) is 8.95. The van der Waals surface area contributed by atoms with E-state index in [0.29, 0.717) is 55.6 Å². The van der Waals surface area contributed by atoms with Gasteiger partial charge in [-0.1, -0.05) is 24.3 Å². The fraction of sp³-hybridized carbons (Fsp3) is 0.375. The molecule has 6 nitrogen and oxygen atoms in total. The van der Waals surface area contributed by atoms with Gasteiger partial charge >= 0.3 is 5.97 Å². The average Bonchev–Trinajstić information content (AvgIpc) is 3.37. The highest BCUT2D eigenvalue weighted by Gasteiger charge is 2.58. The van der Waals surface area contributed by atoms with Gasteiger partial charge in [0, 0.05) is 42.7 Å². The second kappa shape index (κ2) is 6.15. The average molecular weight is 420 g/mol. The van der Waals surface area contributed by atoms with E-state index in [0.717, 1.165) is 5.56 Å². The van der Waals surface area contributed by atoms with E-state index in [4.69, 9.17) is 4.74 Å². The van der Waals surface area contributed by atoms with Gasteiger partial charge in [0.15, 0.2) is 5.60 Å². The molecule has 3 fully saturated rings. The summed E-state index contributed by atoms with van der Waals surface area (Å²) in [7, 11) is 0. The molecule has 6 rings (SSSR count). The van der Waals surface area contributed by atoms with Crippen LogP contribution in [-0.2, 0) is 25.3 Å². The Morgan fingerprint density at radius 3 is 2.48 bits per heavy atom. The van der Waals surface area contributed by atoms with Gasteiger partial charge in [-0.15, -0.1) is 0 Å². The quantitative estimate of drug-likeness (QED) is 0.566. The third kappa shape index (κ3) is 2.52. The molecule has 1 saturated carbocycles. The van der Waals surface area contributed by atoms with Gasteiger partial charge in [0.2, 0.25) is 11.8 Å². The van der Waals surface area contributed by atoms with Crippen molar-refractivity contribution >= 4 is 23.5 Å². The molecule has 7 heteroatoms. The molecule has 1 atom stereocenters. The van der Waals surface area contributed by atoms with Gasteiger partial charge in [-0.25, -0.2) is 9.18 Å². The van der Waals surface area contributed by atoms with E-state index in [1.807, 2.05) is 12.1 Å². The number of halogens is 1. The van der Waals surface area contributed by atoms with Crippen LogP contribution in [-0.4, -0.2) is 42.3 Å². The normalized spacial score (nSPS) is 25.5. The first-order valence-corrected chi connectivity index (χ1v) is 10.7. The number of esters is 1. The van der Waals surface area contributed by atoms with E-state index in [1.165, 1.54) is 6.07 Å². The maximum Gasteiger partial charge on any atom is 0.339 e. The van der Waals surface area contributed by atoms with E-state index in [1.54, 1.807) is 34.1 Å². The van der Waals surface area contributed by atoms with Crippen molar-refractivity contribution in [2.24, 2.45) is 0 Å². The Bertz CT molecular complexity index is 1160. The summed E-state index contributed by atoms with van der Waals surface area (Å²) in [5.74, 6) is -0.933. The summed E-state index contributed by atoms with van der Waals surface area (Å²) in [4.78, 5) is 40.7. The molecular formula is C24H21FN2O4. The number of rotatable bonds is 3. The van der Waals surface area contributed by atoms with Crippen LogP contribution in [0.3, 0.4) is 0 Å². The van der Waals surface area contributed by atoms with Crippen LogP contribution in [0.25, 0.3) is 0 Å². The number of ether oxygens (including phenoxy) is 1. The maximum atomic E-state index is 15.0. The molecule has 2 amide bonds. The highest BCUT2D eigenvalue weighted by atomic mass is 19.1. The van der Waals surface area contributed by atoms with Crippen LogP contribution in [0, 0.1) is 5.82 Å². The van der Waals surface area contributed by atoms with Gasteiger partial charge in [-0.2, -0.15) is 0 Å². The highest BCUT2D eigenvalue weighted by Crippen LogP contribution is 2.53. The van der Waals surface area contributed by atoms with E-state index in [2.05, 4.69) is 0 Å². The molecule has 2 aromatic rings. The number of hydrogen-bond acceptors (Lipinski definition) is 4. The minimum Gasteiger partial charge on any atom is -0.449 e. The third-order valence-electron chi connectivity index (χ3n) is 7.23. The minimum atomic E-state index is -0.866. The van der Waals surface area contributed by atoms with Crippen LogP contribution in [0.5, 0.6) is 0 Å². The van der Waals surface area contributed by atoms with E-state index in [9.17, 15) is 14.4 Å². The van der Waals surface area contributed by atoms with Gasteiger partial charge in [-0.3, -0.25) is 9.59 Å². The van der Waals surface area contributed by atoms with E-state index in [-0.39, 0.29) is 24.3 Å². The van der Waals surface area contributed by atoms with Crippen LogP contribution in [0.2, 0.25) is 0 Å². The molecule has 0 N–H and O–H groups in total. The predicted molar refractivity (Wildman–Crippen MR) is 109 cm³/mol. The van der Waals surface area contributed by atoms with Crippen LogP contribution in [0.4, 0.5) is 10.1 Å². The number of likely N-dealkylation sites (tertiary alicyclic amines) is 1. The summed E-state index contributed by atoms with van der Waals surface area (Å²) in [6, 6.07) is 12.0. The molecule has 0 unspecified atom stereocenters. The summed E-state index contributed by atoms with van der Waals surface area (Å²) in [6.07, 6.45) is 2.20. The number of β-lactam (4-membered cyclic amide) rings is 1. The molecular weight excluding hydrogens is 399 g/mol. The summed E-state index contributed by atoms with van der Waals surface area (Å²) >= 11 is 0. The van der Waals surface area contributed by atoms with E-state index < -0.39 is 16.8 Å². The molecule has 0 bridgehead atoms. The van der Waals surface area contributed by atoms with Crippen molar-refractivity contribution in [3.63, 3.8) is 0 Å². The topological polar surface area (TPSA) is 66.9 Å². The lowest BCUT2D eigenvalue weighted by atomic mass is 9.91. The Hall–Kier alpha value is -3.22. The zero-order valence-corrected chi connectivity index (χ0v) is 16.9. The molecule has 3 heterocycles. The van der Waals surface area contributed by atoms with Gasteiger partial charge < -0.3 is 14.5 Å². The zero-order chi connectivity index (χ0) is 21.4. The molecule has 1 spiro atoms. The number of hydrogen-bond donors (Lipinski definition) is 0. The second-order valence-corrected chi connectivity index (χ2v) is 8.95. The molecule has 4 aliphatic rings. The summed E-state index contributed by atoms with van der Waals surface area (Å²) in [6.45, 7) is 1.35. The first-order valence-electron chi connectivity index (χ1n) is 10.7. The maximum absolute atomic E-state index is 15.0. The number of amides is 2. The summed E-state index contributed by atoms with van der Waals surface area (Å²) < 4.78 is 20.8. The van der Waals surface area contributed by atoms with Gasteiger partial charge in [0.1, 0.15) is 5.82 Å². The monoisotopic (exact) mass is 420 g/mol. The number of benzene rings is 2. The molecule has 2 aromatic carbocycles. The Morgan fingerprint density at radius 2 is 1.81 bits per heavy atom. The van der Waals surface area contributed by atoms with Crippen LogP contribution in [0.15, 0.2) is 42.5 Å². The molecule has 0 aromatic heterocycles. The minimum absolute atomic E-state index is 0.0156. The summed E-state index contributed by atoms with van der Waals surface area (Å²) in [5.41, 5.74) is 0.638. The number of nitrogens with zero attached hydrogens (tertiary/aromatic N) is 2. The Kier molecular flexibility index (Phi) is 3.68. The lowest BCUT2D eigenvalue weighted by molar-refractivity contribution is -0.134. The Balaban J connectivity index is 1.26. The van der Waals surface area contributed by atoms with Gasteiger partial charge in [0.05, 0.1) is 17.5 Å². The molecule has 3 aliphatic heterocycles. The number of fused-ring (bicyclic) bond motifs is 2. The molecule has 2 saturated heterocycles. The Morgan fingerprint density at radius 1 is 1.00 bits per heavy atom. The van der Waals surface area contributed by atoms with Crippen molar-refractivity contribution in [2.45, 2.75) is 36.7 Å². The summed E-state index contributed by atoms with van der Waals surface area (Å²) in [5, 5.41) is 0. The SMILES string of the molecule is O=C1O[C@]2(CCN(C(=O)C3(c4ccc(N5CCC5=O)cc4F)CC3)C2)c2ccccc21. The predicted octanol–water partition coefficient (Wildman–Crippen LogP) is 2.89. The van der Waals surface area contributed by atoms with E-state index >= 15 is 4.39 Å². The molecule has 1 aliphatic carbocycles. The number of anilines is 1. The zero-order valence-electron chi connectivity index (χ0n) is 16.9. The lowest BCUT2D eigenvalue weighted by Gasteiger charge is -2.31. The molecule has 31 heavy (non-hydrogen) atoms. The van der Waals surface area contributed by atoms with Crippen LogP contribution < -0.4 is 4.90 Å². The van der Waals surface area contributed by atoms with Crippen molar-refractivity contribution in [1.82, 2.24) is 4.90 Å². The van der Waals surface area contributed by atoms with Crippen LogP contribution in [0.1, 0.15) is 47.2 Å². The standard InChI is InChI=1S/C24H21FN2O4/c25-19-13-15(27-11-7-20(27)28)5-6-18(19)23(8-9-23)22(30)26-12-10-24(14-26)17-4-2-1-3-16(17)21(29)31-24/h1-6,13H,7-12,14H2/t24-/m0/s1. The highest BCUT2D eigenvalue weighted by molar-refractivity contribution is 5.99. The van der Waals surface area contributed by atoms with Crippen molar-refractivity contribution in [3.8, 4) is 0 Å². The molecule has 158 valence electrons. The first-order chi connectivity index (χ1) is 14.9. The lowest BCUT2D eigenvalue weighted by Crippen LogP contribution is -2.43. The number of carbonyl (C=O) groups is 3. The van der Waals surface area contributed by atoms with Crippen molar-refractivity contribution in [1.29, 1.82) is 0 Å². The fourth-order valence-electron chi connectivity index (χ4n) is 5.28. The van der Waals surface area contributed by atoms with Gasteiger partial charge in [0.25, 0.3) is 0 Å². The van der Waals surface area contributed by atoms with Crippen molar-refractivity contribution < 1.29 is 23.5 Å². The first kappa shape index (κ1) is 18.5. The molecule has 0 radical (unpaired) electrons. The third-order valence-corrected chi connectivity index (χ3v) is 7.23. The fourth-order valence-corrected chi connectivity index (χ4v) is 5.28. The van der Waals surface area contributed by atoms with Crippen molar-refractivity contribution in [3.05, 3.63) is 65.0 Å². The smallest absolute Gasteiger partial charge is 0.339 e. The van der Waals surface area contributed by atoms with Gasteiger partial charge in [-0.05, 0) is 31.0 Å². The largest absolute Gasteiger partial charge is 0.449 e. The van der Waals surface area contributed by atoms with Crippen LogP contribution >= 0.6 is 0 Å². The number of carbonyl (C=O) groups excluding carboxylic acids is 3. The Labute approximate surface area is 178 Å².